The van der Waals surface area contributed by atoms with Gasteiger partial charge in [0.1, 0.15) is 30.1 Å². The molecule has 2 aromatic heterocycles. The number of benzene rings is 2. The van der Waals surface area contributed by atoms with Gasteiger partial charge >= 0.3 is 0 Å². The number of aromatic nitrogens is 3. The number of anilines is 1. The molecule has 0 spiro atoms. The number of nitrogens with one attached hydrogen (secondary N) is 2. The highest BCUT2D eigenvalue weighted by atomic mass is 19.1. The largest absolute Gasteiger partial charge is 0.491 e. The molecule has 4 aromatic rings. The fraction of sp³-hybridized carbons (Fsp3) is 0.269. The summed E-state index contributed by atoms with van der Waals surface area (Å²) in [6.07, 6.45) is 3.97. The third-order valence-corrected chi connectivity index (χ3v) is 6.07. The van der Waals surface area contributed by atoms with E-state index in [1.54, 1.807) is 22.8 Å². The molecule has 2 N–H and O–H groups in total. The minimum atomic E-state index is -0.272. The molecular formula is C26H25FN6O. The molecule has 0 radical (unpaired) electrons. The van der Waals surface area contributed by atoms with E-state index in [4.69, 9.17) is 9.84 Å². The number of hydrogen-bond donors (Lipinski definition) is 2. The maximum atomic E-state index is 13.6. The highest BCUT2D eigenvalue weighted by molar-refractivity contribution is 5.67. The topological polar surface area (TPSA) is 87.3 Å². The van der Waals surface area contributed by atoms with Crippen molar-refractivity contribution in [2.75, 3.05) is 18.5 Å². The normalized spacial score (nSPS) is 16.3. The molecule has 0 amide bonds. The van der Waals surface area contributed by atoms with Crippen molar-refractivity contribution in [2.45, 2.75) is 31.8 Å². The van der Waals surface area contributed by atoms with E-state index in [9.17, 15) is 9.65 Å². The lowest BCUT2D eigenvalue weighted by atomic mass is 10.1. The first kappa shape index (κ1) is 21.9. The fourth-order valence-electron chi connectivity index (χ4n) is 4.22. The second-order valence-corrected chi connectivity index (χ2v) is 8.48. The zero-order chi connectivity index (χ0) is 23.5. The number of nitriles is 1. The number of hydrogen-bond acceptors (Lipinski definition) is 6. The van der Waals surface area contributed by atoms with E-state index in [1.165, 1.54) is 12.1 Å². The van der Waals surface area contributed by atoms with E-state index in [2.05, 4.69) is 21.7 Å². The smallest absolute Gasteiger partial charge is 0.154 e. The minimum absolute atomic E-state index is 0.136. The molecule has 0 bridgehead atoms. The van der Waals surface area contributed by atoms with E-state index in [-0.39, 0.29) is 11.9 Å². The Morgan fingerprint density at radius 1 is 1.26 bits per heavy atom. The number of imidazole rings is 1. The Balaban J connectivity index is 1.39. The van der Waals surface area contributed by atoms with Crippen LogP contribution in [0.4, 0.5) is 10.2 Å². The molecule has 8 heteroatoms. The molecule has 1 aliphatic rings. The van der Waals surface area contributed by atoms with Crippen LogP contribution in [0.1, 0.15) is 36.9 Å². The van der Waals surface area contributed by atoms with Crippen molar-refractivity contribution in [3.05, 3.63) is 77.7 Å². The lowest BCUT2D eigenvalue weighted by molar-refractivity contribution is 0.276. The fourth-order valence-corrected chi connectivity index (χ4v) is 4.22. The highest BCUT2D eigenvalue weighted by Crippen LogP contribution is 2.28. The summed E-state index contributed by atoms with van der Waals surface area (Å²) in [7, 11) is 0. The predicted molar refractivity (Wildman–Crippen MR) is 128 cm³/mol. The van der Waals surface area contributed by atoms with Crippen LogP contribution >= 0.6 is 0 Å². The first-order valence-corrected chi connectivity index (χ1v) is 11.4. The molecule has 2 aromatic carbocycles. The second-order valence-electron chi connectivity index (χ2n) is 8.48. The minimum Gasteiger partial charge on any atom is -0.491 e. The van der Waals surface area contributed by atoms with Gasteiger partial charge in [-0.05, 0) is 74.3 Å². The van der Waals surface area contributed by atoms with Crippen LogP contribution in [0.5, 0.6) is 5.75 Å². The summed E-state index contributed by atoms with van der Waals surface area (Å²) < 4.78 is 21.3. The van der Waals surface area contributed by atoms with Crippen molar-refractivity contribution >= 4 is 11.5 Å². The van der Waals surface area contributed by atoms with E-state index >= 15 is 0 Å². The molecule has 3 heterocycles. The molecule has 172 valence electrons. The number of halogens is 1. The van der Waals surface area contributed by atoms with Crippen LogP contribution in [0.25, 0.3) is 16.9 Å². The van der Waals surface area contributed by atoms with E-state index in [1.807, 2.05) is 37.3 Å². The van der Waals surface area contributed by atoms with Crippen molar-refractivity contribution < 1.29 is 9.13 Å². The van der Waals surface area contributed by atoms with Gasteiger partial charge in [-0.25, -0.2) is 13.9 Å². The molecule has 1 fully saturated rings. The van der Waals surface area contributed by atoms with Crippen molar-refractivity contribution in [1.29, 1.82) is 5.26 Å². The molecular weight excluding hydrogens is 431 g/mol. The molecule has 1 saturated heterocycles. The van der Waals surface area contributed by atoms with Crippen LogP contribution in [0.3, 0.4) is 0 Å². The number of ether oxygens (including phenoxy) is 1. The maximum absolute atomic E-state index is 13.6. The summed E-state index contributed by atoms with van der Waals surface area (Å²) in [6, 6.07) is 18.2. The average molecular weight is 457 g/mol. The quantitative estimate of drug-likeness (QED) is 0.419. The molecule has 1 unspecified atom stereocenters. The Labute approximate surface area is 197 Å². The zero-order valence-corrected chi connectivity index (χ0v) is 18.8. The first-order valence-electron chi connectivity index (χ1n) is 11.4. The van der Waals surface area contributed by atoms with Gasteiger partial charge in [0.05, 0.1) is 23.5 Å². The molecule has 0 aliphatic carbocycles. The summed E-state index contributed by atoms with van der Waals surface area (Å²) >= 11 is 0. The first-order chi connectivity index (χ1) is 16.6. The standard InChI is InChI=1S/C26H25FN6O/c1-17(18-4-2-5-21(27)13-18)31-25-9-10-26-30-15-23(33(26)32-25)19-7-8-24(20(12-19)14-28)34-16-22-6-3-11-29-22/h2,4-5,7-10,12-13,15,17,22,29H,3,6,11,16H2,1H3,(H,31,32)/t17?,22-/m0/s1. The van der Waals surface area contributed by atoms with E-state index < -0.39 is 0 Å². The molecule has 0 saturated carbocycles. The van der Waals surface area contributed by atoms with Gasteiger partial charge < -0.3 is 15.4 Å². The Morgan fingerprint density at radius 3 is 2.97 bits per heavy atom. The van der Waals surface area contributed by atoms with E-state index in [0.717, 1.165) is 36.2 Å². The number of rotatable bonds is 7. The van der Waals surface area contributed by atoms with Crippen LogP contribution in [0, 0.1) is 17.1 Å². The van der Waals surface area contributed by atoms with Gasteiger partial charge in [-0.15, -0.1) is 5.10 Å². The Kier molecular flexibility index (Phi) is 6.11. The highest BCUT2D eigenvalue weighted by Gasteiger charge is 2.17. The van der Waals surface area contributed by atoms with E-state index in [0.29, 0.717) is 35.4 Å². The Hall–Kier alpha value is -3.96. The van der Waals surface area contributed by atoms with Gasteiger partial charge in [0.2, 0.25) is 0 Å². The molecule has 34 heavy (non-hydrogen) atoms. The van der Waals surface area contributed by atoms with Crippen LogP contribution < -0.4 is 15.4 Å². The Bertz CT molecular complexity index is 1360. The lowest BCUT2D eigenvalue weighted by Gasteiger charge is -2.15. The average Bonchev–Trinajstić information content (AvgIpc) is 3.52. The second kappa shape index (κ2) is 9.49. The van der Waals surface area contributed by atoms with Crippen LogP contribution in [0.2, 0.25) is 0 Å². The predicted octanol–water partition coefficient (Wildman–Crippen LogP) is 4.71. The molecule has 2 atom stereocenters. The summed E-state index contributed by atoms with van der Waals surface area (Å²) in [4.78, 5) is 4.45. The van der Waals surface area contributed by atoms with Gasteiger partial charge in [0.25, 0.3) is 0 Å². The SMILES string of the molecule is CC(Nc1ccc2ncc(-c3ccc(OC[C@@H]4CCCN4)c(C#N)c3)n2n1)c1cccc(F)c1. The Morgan fingerprint density at radius 2 is 2.18 bits per heavy atom. The molecule has 7 nitrogen and oxygen atoms in total. The van der Waals surface area contributed by atoms with Gasteiger partial charge in [-0.3, -0.25) is 0 Å². The maximum Gasteiger partial charge on any atom is 0.154 e. The summed E-state index contributed by atoms with van der Waals surface area (Å²) in [5, 5.41) is 21.1. The van der Waals surface area contributed by atoms with Crippen LogP contribution in [-0.4, -0.2) is 33.8 Å². The van der Waals surface area contributed by atoms with Crippen molar-refractivity contribution in [3.63, 3.8) is 0 Å². The van der Waals surface area contributed by atoms with Gasteiger partial charge in [0.15, 0.2) is 5.65 Å². The van der Waals surface area contributed by atoms with Crippen molar-refractivity contribution in [2.24, 2.45) is 0 Å². The summed E-state index contributed by atoms with van der Waals surface area (Å²) in [5.74, 6) is 0.938. The van der Waals surface area contributed by atoms with Crippen molar-refractivity contribution in [3.8, 4) is 23.1 Å². The molecule has 1 aliphatic heterocycles. The summed E-state index contributed by atoms with van der Waals surface area (Å²) in [6.45, 7) is 3.51. The van der Waals surface area contributed by atoms with Crippen LogP contribution in [0.15, 0.2) is 60.8 Å². The number of nitrogens with zero attached hydrogens (tertiary/aromatic N) is 4. The third-order valence-electron chi connectivity index (χ3n) is 6.07. The lowest BCUT2D eigenvalue weighted by Crippen LogP contribution is -2.28. The monoisotopic (exact) mass is 456 g/mol. The molecule has 5 rings (SSSR count). The third kappa shape index (κ3) is 4.56. The van der Waals surface area contributed by atoms with Crippen molar-refractivity contribution in [1.82, 2.24) is 19.9 Å². The van der Waals surface area contributed by atoms with Gasteiger partial charge in [-0.2, -0.15) is 5.26 Å². The van der Waals surface area contributed by atoms with Gasteiger partial charge in [0, 0.05) is 11.6 Å². The van der Waals surface area contributed by atoms with Gasteiger partial charge in [-0.1, -0.05) is 12.1 Å². The van der Waals surface area contributed by atoms with Crippen LogP contribution in [-0.2, 0) is 0 Å². The number of fused-ring (bicyclic) bond motifs is 1. The zero-order valence-electron chi connectivity index (χ0n) is 18.8. The summed E-state index contributed by atoms with van der Waals surface area (Å²) in [5.41, 5.74) is 3.56.